The Hall–Kier alpha value is -1.34. The minimum Gasteiger partial charge on any atom is -0.485 e. The Labute approximate surface area is 101 Å². The summed E-state index contributed by atoms with van der Waals surface area (Å²) < 4.78 is 56.9. The molecule has 1 unspecified atom stereocenters. The molecular formula is C11H13F4NO2. The molecule has 0 amide bonds. The highest BCUT2D eigenvalue weighted by Gasteiger charge is 2.26. The van der Waals surface area contributed by atoms with Gasteiger partial charge < -0.3 is 15.2 Å². The highest BCUT2D eigenvalue weighted by molar-refractivity contribution is 5.28. The van der Waals surface area contributed by atoms with Crippen molar-refractivity contribution < 1.29 is 27.4 Å². The van der Waals surface area contributed by atoms with Crippen molar-refractivity contribution in [2.24, 2.45) is 0 Å². The molecule has 0 spiro atoms. The van der Waals surface area contributed by atoms with Crippen LogP contribution in [0.25, 0.3) is 0 Å². The predicted octanol–water partition coefficient (Wildman–Crippen LogP) is 1.59. The van der Waals surface area contributed by atoms with Gasteiger partial charge in [-0.05, 0) is 14.0 Å². The average Bonchev–Trinajstić information content (AvgIpc) is 2.36. The summed E-state index contributed by atoms with van der Waals surface area (Å²) in [6, 6.07) is 0.0981. The second kappa shape index (κ2) is 5.53. The molecule has 0 saturated heterocycles. The Morgan fingerprint density at radius 2 is 1.72 bits per heavy atom. The van der Waals surface area contributed by atoms with E-state index in [0.717, 1.165) is 0 Å². The van der Waals surface area contributed by atoms with Gasteiger partial charge in [0.2, 0.25) is 11.6 Å². The molecule has 0 aliphatic carbocycles. The van der Waals surface area contributed by atoms with Crippen LogP contribution in [0.5, 0.6) is 5.75 Å². The van der Waals surface area contributed by atoms with Gasteiger partial charge in [-0.3, -0.25) is 0 Å². The highest BCUT2D eigenvalue weighted by Crippen LogP contribution is 2.27. The van der Waals surface area contributed by atoms with Crippen LogP contribution in [0.4, 0.5) is 17.6 Å². The minimum absolute atomic E-state index is 0.0981. The molecule has 0 bridgehead atoms. The van der Waals surface area contributed by atoms with Crippen LogP contribution in [0, 0.1) is 23.3 Å². The van der Waals surface area contributed by atoms with E-state index in [9.17, 15) is 17.6 Å². The van der Waals surface area contributed by atoms with Crippen molar-refractivity contribution in [3.05, 3.63) is 29.3 Å². The lowest BCUT2D eigenvalue weighted by molar-refractivity contribution is 0.116. The van der Waals surface area contributed by atoms with Crippen molar-refractivity contribution in [3.8, 4) is 5.75 Å². The van der Waals surface area contributed by atoms with Crippen LogP contribution in [0.1, 0.15) is 6.92 Å². The molecule has 18 heavy (non-hydrogen) atoms. The molecule has 1 aromatic carbocycles. The fourth-order valence-electron chi connectivity index (χ4n) is 1.11. The number of halogens is 4. The standard InChI is InChI=1S/C11H13F4NO2/c1-11(4-17,16-2)5-18-10-8(14)6(12)3-7(13)9(10)15/h3,16-17H,4-5H2,1-2H3. The summed E-state index contributed by atoms with van der Waals surface area (Å²) in [7, 11) is 1.50. The molecule has 0 aliphatic heterocycles. The van der Waals surface area contributed by atoms with Crippen molar-refractivity contribution in [1.29, 1.82) is 0 Å². The maximum Gasteiger partial charge on any atom is 0.203 e. The summed E-state index contributed by atoms with van der Waals surface area (Å²) in [5.74, 6) is -7.43. The first kappa shape index (κ1) is 14.7. The molecule has 1 rings (SSSR count). The van der Waals surface area contributed by atoms with E-state index in [1.165, 1.54) is 14.0 Å². The molecule has 0 fully saturated rings. The number of hydrogen-bond acceptors (Lipinski definition) is 3. The van der Waals surface area contributed by atoms with Crippen molar-refractivity contribution >= 4 is 0 Å². The number of nitrogens with one attached hydrogen (secondary N) is 1. The molecule has 0 aliphatic rings. The zero-order chi connectivity index (χ0) is 13.9. The van der Waals surface area contributed by atoms with Crippen molar-refractivity contribution in [3.63, 3.8) is 0 Å². The SMILES string of the molecule is CNC(C)(CO)COc1c(F)c(F)cc(F)c1F. The van der Waals surface area contributed by atoms with Gasteiger partial charge in [0.25, 0.3) is 0 Å². The first-order valence-electron chi connectivity index (χ1n) is 5.10. The molecule has 1 atom stereocenters. The van der Waals surface area contributed by atoms with Crippen molar-refractivity contribution in [2.75, 3.05) is 20.3 Å². The molecule has 7 heteroatoms. The van der Waals surface area contributed by atoms with Gasteiger partial charge in [0.15, 0.2) is 17.4 Å². The summed E-state index contributed by atoms with van der Waals surface area (Å²) in [4.78, 5) is 0. The third kappa shape index (κ3) is 2.91. The largest absolute Gasteiger partial charge is 0.485 e. The van der Waals surface area contributed by atoms with Gasteiger partial charge in [-0.2, -0.15) is 8.78 Å². The van der Waals surface area contributed by atoms with Gasteiger partial charge in [-0.1, -0.05) is 0 Å². The first-order valence-corrected chi connectivity index (χ1v) is 5.10. The third-order valence-electron chi connectivity index (χ3n) is 2.56. The van der Waals surface area contributed by atoms with Gasteiger partial charge in [0.1, 0.15) is 6.61 Å². The lowest BCUT2D eigenvalue weighted by Crippen LogP contribution is -2.48. The Balaban J connectivity index is 2.98. The van der Waals surface area contributed by atoms with E-state index in [4.69, 9.17) is 9.84 Å². The van der Waals surface area contributed by atoms with E-state index >= 15 is 0 Å². The van der Waals surface area contributed by atoms with Crippen LogP contribution in [0.15, 0.2) is 6.07 Å². The Morgan fingerprint density at radius 3 is 2.11 bits per heavy atom. The summed E-state index contributed by atoms with van der Waals surface area (Å²) in [6.45, 7) is 0.764. The summed E-state index contributed by atoms with van der Waals surface area (Å²) in [5, 5.41) is 11.7. The van der Waals surface area contributed by atoms with E-state index in [0.29, 0.717) is 0 Å². The lowest BCUT2D eigenvalue weighted by atomic mass is 10.1. The second-order valence-corrected chi connectivity index (χ2v) is 4.05. The Bertz CT molecular complexity index is 409. The Kier molecular flexibility index (Phi) is 4.53. The second-order valence-electron chi connectivity index (χ2n) is 4.05. The van der Waals surface area contributed by atoms with E-state index in [-0.39, 0.29) is 19.3 Å². The fraction of sp³-hybridized carbons (Fsp3) is 0.455. The lowest BCUT2D eigenvalue weighted by Gasteiger charge is -2.26. The first-order chi connectivity index (χ1) is 8.34. The molecule has 0 radical (unpaired) electrons. The number of aliphatic hydroxyl groups excluding tert-OH is 1. The summed E-state index contributed by atoms with van der Waals surface area (Å²) in [5.41, 5.74) is -0.984. The molecule has 0 heterocycles. The van der Waals surface area contributed by atoms with Crippen LogP contribution in [0.3, 0.4) is 0 Å². The maximum absolute atomic E-state index is 13.2. The van der Waals surface area contributed by atoms with Gasteiger partial charge in [0, 0.05) is 6.07 Å². The van der Waals surface area contributed by atoms with Crippen molar-refractivity contribution in [1.82, 2.24) is 5.32 Å². The van der Waals surface area contributed by atoms with Gasteiger partial charge in [-0.25, -0.2) is 8.78 Å². The van der Waals surface area contributed by atoms with Gasteiger partial charge in [0.05, 0.1) is 12.1 Å². The van der Waals surface area contributed by atoms with E-state index in [2.05, 4.69) is 5.32 Å². The summed E-state index contributed by atoms with van der Waals surface area (Å²) >= 11 is 0. The third-order valence-corrected chi connectivity index (χ3v) is 2.56. The predicted molar refractivity (Wildman–Crippen MR) is 56.3 cm³/mol. The highest BCUT2D eigenvalue weighted by atomic mass is 19.2. The van der Waals surface area contributed by atoms with Gasteiger partial charge >= 0.3 is 0 Å². The minimum atomic E-state index is -1.61. The molecule has 1 aromatic rings. The number of benzene rings is 1. The normalized spacial score (nSPS) is 14.4. The molecule has 3 nitrogen and oxygen atoms in total. The van der Waals surface area contributed by atoms with Crippen molar-refractivity contribution in [2.45, 2.75) is 12.5 Å². The topological polar surface area (TPSA) is 41.5 Å². The smallest absolute Gasteiger partial charge is 0.203 e. The van der Waals surface area contributed by atoms with Crippen LogP contribution in [-0.2, 0) is 0 Å². The van der Waals surface area contributed by atoms with E-state index < -0.39 is 34.6 Å². The van der Waals surface area contributed by atoms with Crippen LogP contribution in [-0.4, -0.2) is 30.9 Å². The zero-order valence-electron chi connectivity index (χ0n) is 9.86. The molecule has 2 N–H and O–H groups in total. The van der Waals surface area contributed by atoms with E-state index in [1.54, 1.807) is 0 Å². The average molecular weight is 267 g/mol. The number of ether oxygens (including phenoxy) is 1. The van der Waals surface area contributed by atoms with Gasteiger partial charge in [-0.15, -0.1) is 0 Å². The molecule has 0 saturated carbocycles. The number of aliphatic hydroxyl groups is 1. The number of hydrogen-bond donors (Lipinski definition) is 2. The number of rotatable bonds is 5. The molecular weight excluding hydrogens is 254 g/mol. The summed E-state index contributed by atoms with van der Waals surface area (Å²) in [6.07, 6.45) is 0. The van der Waals surface area contributed by atoms with Crippen LogP contribution < -0.4 is 10.1 Å². The number of likely N-dealkylation sites (N-methyl/N-ethyl adjacent to an activating group) is 1. The fourth-order valence-corrected chi connectivity index (χ4v) is 1.11. The zero-order valence-corrected chi connectivity index (χ0v) is 9.86. The van der Waals surface area contributed by atoms with E-state index in [1.807, 2.05) is 0 Å². The van der Waals surface area contributed by atoms with Crippen LogP contribution >= 0.6 is 0 Å². The van der Waals surface area contributed by atoms with Crippen LogP contribution in [0.2, 0.25) is 0 Å². The Morgan fingerprint density at radius 1 is 1.22 bits per heavy atom. The molecule has 102 valence electrons. The molecule has 0 aromatic heterocycles. The quantitative estimate of drug-likeness (QED) is 0.629. The monoisotopic (exact) mass is 267 g/mol. The maximum atomic E-state index is 13.2.